The largest absolute Gasteiger partial charge is 0.450 e. The highest BCUT2D eigenvalue weighted by Gasteiger charge is 2.31. The van der Waals surface area contributed by atoms with Crippen LogP contribution < -0.4 is 4.74 Å². The molecule has 0 amide bonds. The fraction of sp³-hybridized carbons (Fsp3) is 0.520. The minimum atomic E-state index is -1.03. The first-order valence-corrected chi connectivity index (χ1v) is 11.1. The Kier molecular flexibility index (Phi) is 6.35. The van der Waals surface area contributed by atoms with Gasteiger partial charge in [0.05, 0.1) is 6.67 Å². The lowest BCUT2D eigenvalue weighted by Gasteiger charge is -2.30. The molecule has 0 spiro atoms. The average molecular weight is 420 g/mol. The number of benzene rings is 2. The molecular weight excluding hydrogens is 392 g/mol. The molecule has 2 aromatic carbocycles. The maximum atomic E-state index is 15.4. The van der Waals surface area contributed by atoms with Gasteiger partial charge in [-0.05, 0) is 74.0 Å². The van der Waals surface area contributed by atoms with E-state index in [1.165, 1.54) is 0 Å². The quantitative estimate of drug-likeness (QED) is 0.370. The first-order valence-electron chi connectivity index (χ1n) is 11.1. The first kappa shape index (κ1) is 21.2. The number of aryl methyl sites for hydroxylation is 1. The molecule has 0 unspecified atom stereocenters. The zero-order valence-electron chi connectivity index (χ0n) is 17.4. The van der Waals surface area contributed by atoms with Gasteiger partial charge in [0.1, 0.15) is 0 Å². The van der Waals surface area contributed by atoms with E-state index in [1.807, 2.05) is 19.1 Å². The predicted octanol–water partition coefficient (Wildman–Crippen LogP) is 7.78. The Labute approximate surface area is 175 Å². The van der Waals surface area contributed by atoms with E-state index < -0.39 is 17.5 Å². The maximum Gasteiger partial charge on any atom is 0.201 e. The van der Waals surface area contributed by atoms with Gasteiger partial charge in [-0.15, -0.1) is 0 Å². The molecule has 5 heteroatoms. The van der Waals surface area contributed by atoms with Gasteiger partial charge in [0.15, 0.2) is 23.1 Å². The second kappa shape index (κ2) is 8.99. The molecule has 162 valence electrons. The van der Waals surface area contributed by atoms with Crippen molar-refractivity contribution in [2.45, 2.75) is 70.6 Å². The summed E-state index contributed by atoms with van der Waals surface area (Å²) in [6, 6.07) is 5.32. The van der Waals surface area contributed by atoms with E-state index in [0.29, 0.717) is 53.9 Å². The van der Waals surface area contributed by atoms with Gasteiger partial charge in [-0.25, -0.2) is 8.78 Å². The zero-order valence-corrected chi connectivity index (χ0v) is 17.4. The third kappa shape index (κ3) is 3.95. The van der Waals surface area contributed by atoms with Gasteiger partial charge in [-0.1, -0.05) is 25.5 Å². The summed E-state index contributed by atoms with van der Waals surface area (Å²) in [6.45, 7) is 1.63. The summed E-state index contributed by atoms with van der Waals surface area (Å²) in [6.07, 6.45) is 6.60. The fourth-order valence-corrected chi connectivity index (χ4v) is 5.03. The van der Waals surface area contributed by atoms with Crippen molar-refractivity contribution in [1.29, 1.82) is 0 Å². The van der Waals surface area contributed by atoms with Gasteiger partial charge in [0.2, 0.25) is 5.82 Å². The Balaban J connectivity index is 1.57. The molecule has 4 rings (SSSR count). The lowest BCUT2D eigenvalue weighted by Crippen LogP contribution is -2.16. The Bertz CT molecular complexity index is 916. The molecule has 1 fully saturated rings. The van der Waals surface area contributed by atoms with E-state index in [-0.39, 0.29) is 24.1 Å². The van der Waals surface area contributed by atoms with Crippen molar-refractivity contribution in [2.75, 3.05) is 6.67 Å². The molecule has 0 N–H and O–H groups in total. The van der Waals surface area contributed by atoms with Gasteiger partial charge in [-0.2, -0.15) is 4.39 Å². The summed E-state index contributed by atoms with van der Waals surface area (Å²) in [4.78, 5) is 0. The molecule has 0 saturated heterocycles. The van der Waals surface area contributed by atoms with E-state index in [1.54, 1.807) is 6.07 Å². The van der Waals surface area contributed by atoms with Crippen molar-refractivity contribution in [3.05, 3.63) is 57.9 Å². The number of hydrogen-bond donors (Lipinski definition) is 0. The summed E-state index contributed by atoms with van der Waals surface area (Å²) in [7, 11) is 0. The molecule has 2 aliphatic rings. The van der Waals surface area contributed by atoms with E-state index in [9.17, 15) is 13.2 Å². The number of ether oxygens (including phenoxy) is 1. The van der Waals surface area contributed by atoms with Gasteiger partial charge < -0.3 is 4.74 Å². The maximum absolute atomic E-state index is 15.4. The van der Waals surface area contributed by atoms with E-state index in [2.05, 4.69) is 0 Å². The normalized spacial score (nSPS) is 20.4. The molecule has 1 aliphatic carbocycles. The van der Waals surface area contributed by atoms with Crippen molar-refractivity contribution in [3.8, 4) is 11.5 Å². The number of rotatable bonds is 6. The SMILES string of the molecule is CCCc1cc2c(c(F)c1F)Oc1c(ccc(C3CCC(CCCF)CC3)c1F)C2. The predicted molar refractivity (Wildman–Crippen MR) is 110 cm³/mol. The standard InChI is InChI=1S/C25H28F4O/c1-2-4-17-13-19-14-18-10-11-20(16-8-6-15(7-9-16)5-3-12-26)22(28)24(18)30-25(19)23(29)21(17)27/h10-11,13,15-16H,2-9,12,14H2,1H3. The first-order chi connectivity index (χ1) is 14.5. The molecule has 1 saturated carbocycles. The molecule has 0 bridgehead atoms. The van der Waals surface area contributed by atoms with Crippen molar-refractivity contribution >= 4 is 0 Å². The van der Waals surface area contributed by atoms with E-state index >= 15 is 4.39 Å². The van der Waals surface area contributed by atoms with Crippen LogP contribution in [0.3, 0.4) is 0 Å². The van der Waals surface area contributed by atoms with Crippen molar-refractivity contribution in [1.82, 2.24) is 0 Å². The Morgan fingerprint density at radius 1 is 0.933 bits per heavy atom. The molecular formula is C25H28F4O. The van der Waals surface area contributed by atoms with Crippen LogP contribution >= 0.6 is 0 Å². The van der Waals surface area contributed by atoms with Gasteiger partial charge in [-0.3, -0.25) is 4.39 Å². The topological polar surface area (TPSA) is 9.23 Å². The van der Waals surface area contributed by atoms with Crippen LogP contribution in [0.5, 0.6) is 11.5 Å². The van der Waals surface area contributed by atoms with Crippen LogP contribution in [0.2, 0.25) is 0 Å². The Hall–Kier alpha value is -2.04. The molecule has 0 radical (unpaired) electrons. The van der Waals surface area contributed by atoms with Gasteiger partial charge in [0.25, 0.3) is 0 Å². The van der Waals surface area contributed by atoms with Crippen molar-refractivity contribution in [3.63, 3.8) is 0 Å². The van der Waals surface area contributed by atoms with Gasteiger partial charge >= 0.3 is 0 Å². The highest BCUT2D eigenvalue weighted by molar-refractivity contribution is 5.54. The van der Waals surface area contributed by atoms with E-state index in [4.69, 9.17) is 4.74 Å². The molecule has 1 aliphatic heterocycles. The number of alkyl halides is 1. The van der Waals surface area contributed by atoms with Crippen molar-refractivity contribution < 1.29 is 22.3 Å². The van der Waals surface area contributed by atoms with Gasteiger partial charge in [0, 0.05) is 17.5 Å². The molecule has 1 heterocycles. The second-order valence-corrected chi connectivity index (χ2v) is 8.69. The summed E-state index contributed by atoms with van der Waals surface area (Å²) in [5.41, 5.74) is 2.14. The van der Waals surface area contributed by atoms with Crippen molar-refractivity contribution in [2.24, 2.45) is 5.92 Å². The van der Waals surface area contributed by atoms with Crippen LogP contribution in [0, 0.1) is 23.4 Å². The minimum absolute atomic E-state index is 0.0288. The Morgan fingerprint density at radius 2 is 1.67 bits per heavy atom. The third-order valence-corrected chi connectivity index (χ3v) is 6.66. The second-order valence-electron chi connectivity index (χ2n) is 8.69. The summed E-state index contributed by atoms with van der Waals surface area (Å²) in [5, 5.41) is 0. The lowest BCUT2D eigenvalue weighted by atomic mass is 9.76. The average Bonchev–Trinajstić information content (AvgIpc) is 2.76. The Morgan fingerprint density at radius 3 is 2.37 bits per heavy atom. The van der Waals surface area contributed by atoms with Crippen LogP contribution in [-0.4, -0.2) is 6.67 Å². The molecule has 30 heavy (non-hydrogen) atoms. The lowest BCUT2D eigenvalue weighted by molar-refractivity contribution is 0.289. The number of hydrogen-bond acceptors (Lipinski definition) is 1. The smallest absolute Gasteiger partial charge is 0.201 e. The number of fused-ring (bicyclic) bond motifs is 2. The van der Waals surface area contributed by atoms with Crippen LogP contribution in [0.25, 0.3) is 0 Å². The molecule has 0 atom stereocenters. The fourth-order valence-electron chi connectivity index (χ4n) is 5.03. The van der Waals surface area contributed by atoms with E-state index in [0.717, 1.165) is 32.1 Å². The van der Waals surface area contributed by atoms with Crippen LogP contribution in [0.1, 0.15) is 80.0 Å². The monoisotopic (exact) mass is 420 g/mol. The summed E-state index contributed by atoms with van der Waals surface area (Å²) >= 11 is 0. The molecule has 0 aromatic heterocycles. The highest BCUT2D eigenvalue weighted by atomic mass is 19.2. The zero-order chi connectivity index (χ0) is 21.3. The third-order valence-electron chi connectivity index (χ3n) is 6.66. The highest BCUT2D eigenvalue weighted by Crippen LogP contribution is 2.45. The van der Waals surface area contributed by atoms with Crippen LogP contribution in [0.15, 0.2) is 18.2 Å². The molecule has 2 aromatic rings. The molecule has 1 nitrogen and oxygen atoms in total. The minimum Gasteiger partial charge on any atom is -0.450 e. The van der Waals surface area contributed by atoms with Crippen LogP contribution in [0.4, 0.5) is 17.6 Å². The van der Waals surface area contributed by atoms with Crippen LogP contribution in [-0.2, 0) is 12.8 Å². The summed E-state index contributed by atoms with van der Waals surface area (Å²) < 4.78 is 62.4. The summed E-state index contributed by atoms with van der Waals surface area (Å²) in [5.74, 6) is -1.96. The number of halogens is 4.